The van der Waals surface area contributed by atoms with Crippen molar-refractivity contribution in [3.05, 3.63) is 0 Å². The van der Waals surface area contributed by atoms with E-state index in [1.165, 1.54) is 25.9 Å². The summed E-state index contributed by atoms with van der Waals surface area (Å²) in [6.07, 6.45) is 2.46. The second-order valence-electron chi connectivity index (χ2n) is 4.81. The molecular formula is C12H30N4. The summed E-state index contributed by atoms with van der Waals surface area (Å²) in [5, 5.41) is 6.88. The van der Waals surface area contributed by atoms with Crippen LogP contribution in [0.5, 0.6) is 0 Å². The first-order valence-corrected chi connectivity index (χ1v) is 6.34. The molecule has 0 aliphatic heterocycles. The van der Waals surface area contributed by atoms with Crippen LogP contribution in [-0.2, 0) is 0 Å². The molecular weight excluding hydrogens is 200 g/mol. The Morgan fingerprint density at radius 1 is 0.625 bits per heavy atom. The minimum atomic E-state index is 1.08. The number of hydrogen-bond donors (Lipinski definition) is 2. The van der Waals surface area contributed by atoms with E-state index >= 15 is 0 Å². The summed E-state index contributed by atoms with van der Waals surface area (Å²) < 4.78 is 0. The third-order valence-corrected chi connectivity index (χ3v) is 2.40. The van der Waals surface area contributed by atoms with E-state index in [4.69, 9.17) is 0 Å². The van der Waals surface area contributed by atoms with Crippen LogP contribution in [0.15, 0.2) is 0 Å². The fraction of sp³-hybridized carbons (Fsp3) is 1.00. The van der Waals surface area contributed by atoms with Crippen LogP contribution >= 0.6 is 0 Å². The fourth-order valence-corrected chi connectivity index (χ4v) is 1.47. The van der Waals surface area contributed by atoms with E-state index in [0.717, 1.165) is 26.2 Å². The van der Waals surface area contributed by atoms with E-state index in [9.17, 15) is 0 Å². The number of hydrogen-bond acceptors (Lipinski definition) is 4. The maximum atomic E-state index is 3.44. The minimum absolute atomic E-state index is 1.08. The molecule has 0 aromatic carbocycles. The molecule has 4 heteroatoms. The molecule has 0 aliphatic carbocycles. The van der Waals surface area contributed by atoms with Crippen molar-refractivity contribution in [1.82, 2.24) is 20.4 Å². The zero-order valence-electron chi connectivity index (χ0n) is 11.6. The van der Waals surface area contributed by atoms with Crippen molar-refractivity contribution in [2.45, 2.75) is 12.8 Å². The Hall–Kier alpha value is -0.160. The smallest absolute Gasteiger partial charge is 0.00767 e. The first-order chi connectivity index (χ1) is 7.63. The van der Waals surface area contributed by atoms with Crippen LogP contribution < -0.4 is 10.6 Å². The molecule has 4 nitrogen and oxygen atoms in total. The Morgan fingerprint density at radius 3 is 1.31 bits per heavy atom. The second-order valence-corrected chi connectivity index (χ2v) is 4.81. The Morgan fingerprint density at radius 2 is 1.00 bits per heavy atom. The quantitative estimate of drug-likeness (QED) is 0.492. The second kappa shape index (κ2) is 11.3. The highest BCUT2D eigenvalue weighted by atomic mass is 15.1. The molecule has 0 saturated carbocycles. The molecule has 0 aromatic rings. The van der Waals surface area contributed by atoms with Gasteiger partial charge in [-0.3, -0.25) is 0 Å². The van der Waals surface area contributed by atoms with Gasteiger partial charge in [0.15, 0.2) is 0 Å². The SMILES string of the molecule is CN(C)CCCNCCNCCCN(C)C. The molecule has 0 aliphatic rings. The minimum Gasteiger partial charge on any atom is -0.315 e. The zero-order chi connectivity index (χ0) is 12.2. The van der Waals surface area contributed by atoms with Crippen molar-refractivity contribution in [3.8, 4) is 0 Å². The first-order valence-electron chi connectivity index (χ1n) is 6.34. The van der Waals surface area contributed by atoms with Crippen LogP contribution in [-0.4, -0.2) is 77.3 Å². The predicted molar refractivity (Wildman–Crippen MR) is 72.1 cm³/mol. The normalized spacial score (nSPS) is 11.6. The topological polar surface area (TPSA) is 30.5 Å². The van der Waals surface area contributed by atoms with E-state index in [-0.39, 0.29) is 0 Å². The molecule has 0 radical (unpaired) electrons. The van der Waals surface area contributed by atoms with Gasteiger partial charge in [-0.05, 0) is 67.2 Å². The molecule has 0 saturated heterocycles. The predicted octanol–water partition coefficient (Wildman–Crippen LogP) is 0.0690. The Kier molecular flexibility index (Phi) is 11.2. The van der Waals surface area contributed by atoms with Crippen LogP contribution in [0, 0.1) is 0 Å². The molecule has 0 rings (SSSR count). The molecule has 0 spiro atoms. The van der Waals surface area contributed by atoms with Crippen molar-refractivity contribution in [2.24, 2.45) is 0 Å². The molecule has 16 heavy (non-hydrogen) atoms. The maximum Gasteiger partial charge on any atom is 0.00767 e. The average Bonchev–Trinajstić information content (AvgIpc) is 2.20. The van der Waals surface area contributed by atoms with Crippen molar-refractivity contribution in [1.29, 1.82) is 0 Å². The van der Waals surface area contributed by atoms with Crippen molar-refractivity contribution in [3.63, 3.8) is 0 Å². The van der Waals surface area contributed by atoms with Gasteiger partial charge in [-0.25, -0.2) is 0 Å². The molecule has 0 amide bonds. The zero-order valence-corrected chi connectivity index (χ0v) is 11.6. The first kappa shape index (κ1) is 15.8. The summed E-state index contributed by atoms with van der Waals surface area (Å²) in [7, 11) is 8.47. The van der Waals surface area contributed by atoms with Gasteiger partial charge in [0.25, 0.3) is 0 Å². The molecule has 0 heterocycles. The summed E-state index contributed by atoms with van der Waals surface area (Å²) in [5.74, 6) is 0. The lowest BCUT2D eigenvalue weighted by molar-refractivity contribution is 0.389. The van der Waals surface area contributed by atoms with E-state index in [1.807, 2.05) is 0 Å². The fourth-order valence-electron chi connectivity index (χ4n) is 1.47. The van der Waals surface area contributed by atoms with E-state index in [2.05, 4.69) is 48.6 Å². The molecule has 2 N–H and O–H groups in total. The summed E-state index contributed by atoms with van der Waals surface area (Å²) in [5.41, 5.74) is 0. The lowest BCUT2D eigenvalue weighted by Gasteiger charge is -2.11. The molecule has 0 bridgehead atoms. The van der Waals surface area contributed by atoms with Crippen LogP contribution in [0.1, 0.15) is 12.8 Å². The molecule has 0 fully saturated rings. The monoisotopic (exact) mass is 230 g/mol. The number of rotatable bonds is 11. The van der Waals surface area contributed by atoms with Crippen LogP contribution in [0.25, 0.3) is 0 Å². The Labute approximate surface area is 101 Å². The number of nitrogens with one attached hydrogen (secondary N) is 2. The highest BCUT2D eigenvalue weighted by molar-refractivity contribution is 4.55. The van der Waals surface area contributed by atoms with Crippen molar-refractivity contribution in [2.75, 3.05) is 67.5 Å². The molecule has 0 aromatic heterocycles. The van der Waals surface area contributed by atoms with Gasteiger partial charge in [-0.1, -0.05) is 0 Å². The third-order valence-electron chi connectivity index (χ3n) is 2.40. The third kappa shape index (κ3) is 13.8. The summed E-state index contributed by atoms with van der Waals surface area (Å²) in [6.45, 7) is 6.74. The Bertz CT molecular complexity index is 121. The molecule has 0 atom stereocenters. The highest BCUT2D eigenvalue weighted by Crippen LogP contribution is 1.81. The lowest BCUT2D eigenvalue weighted by atomic mass is 10.4. The van der Waals surface area contributed by atoms with Crippen LogP contribution in [0.2, 0.25) is 0 Å². The van der Waals surface area contributed by atoms with Gasteiger partial charge < -0.3 is 20.4 Å². The van der Waals surface area contributed by atoms with E-state index in [0.29, 0.717) is 0 Å². The van der Waals surface area contributed by atoms with Gasteiger partial charge in [0.05, 0.1) is 0 Å². The standard InChI is InChI=1S/C12H30N4/c1-15(2)11-5-7-13-9-10-14-8-6-12-16(3)4/h13-14H,5-12H2,1-4H3. The van der Waals surface area contributed by atoms with Crippen LogP contribution in [0.4, 0.5) is 0 Å². The van der Waals surface area contributed by atoms with E-state index < -0.39 is 0 Å². The Balaban J connectivity index is 2.93. The number of nitrogens with zero attached hydrogens (tertiary/aromatic N) is 2. The summed E-state index contributed by atoms with van der Waals surface area (Å²) in [4.78, 5) is 4.45. The lowest BCUT2D eigenvalue weighted by Crippen LogP contribution is -2.30. The van der Waals surface area contributed by atoms with Gasteiger partial charge in [0.1, 0.15) is 0 Å². The van der Waals surface area contributed by atoms with Gasteiger partial charge in [-0.2, -0.15) is 0 Å². The largest absolute Gasteiger partial charge is 0.315 e. The highest BCUT2D eigenvalue weighted by Gasteiger charge is 1.92. The molecule has 98 valence electrons. The van der Waals surface area contributed by atoms with Gasteiger partial charge >= 0.3 is 0 Å². The van der Waals surface area contributed by atoms with Gasteiger partial charge in [0, 0.05) is 13.1 Å². The van der Waals surface area contributed by atoms with Crippen molar-refractivity contribution < 1.29 is 0 Å². The summed E-state index contributed by atoms with van der Waals surface area (Å²) >= 11 is 0. The van der Waals surface area contributed by atoms with Crippen LogP contribution in [0.3, 0.4) is 0 Å². The summed E-state index contributed by atoms with van der Waals surface area (Å²) in [6, 6.07) is 0. The van der Waals surface area contributed by atoms with Gasteiger partial charge in [-0.15, -0.1) is 0 Å². The van der Waals surface area contributed by atoms with Crippen molar-refractivity contribution >= 4 is 0 Å². The maximum absolute atomic E-state index is 3.44. The average molecular weight is 230 g/mol. The van der Waals surface area contributed by atoms with E-state index in [1.54, 1.807) is 0 Å². The molecule has 0 unspecified atom stereocenters. The van der Waals surface area contributed by atoms with Gasteiger partial charge in [0.2, 0.25) is 0 Å².